The second kappa shape index (κ2) is 10.0. The molecule has 7 heteroatoms. The van der Waals surface area contributed by atoms with Crippen molar-refractivity contribution >= 4 is 21.6 Å². The van der Waals surface area contributed by atoms with Gasteiger partial charge < -0.3 is 9.80 Å². The van der Waals surface area contributed by atoms with Gasteiger partial charge in [0.25, 0.3) is 5.91 Å². The monoisotopic (exact) mass is 455 g/mol. The van der Waals surface area contributed by atoms with E-state index < -0.39 is 10.0 Å². The number of rotatable bonds is 6. The van der Waals surface area contributed by atoms with Crippen LogP contribution in [0, 0.1) is 0 Å². The molecule has 0 unspecified atom stereocenters. The Balaban J connectivity index is 1.38. The average molecular weight is 456 g/mol. The second-order valence-electron chi connectivity index (χ2n) is 8.86. The number of hydrogen-bond donors (Lipinski definition) is 0. The van der Waals surface area contributed by atoms with Crippen molar-refractivity contribution in [2.75, 3.05) is 38.1 Å². The predicted molar refractivity (Wildman–Crippen MR) is 127 cm³/mol. The molecule has 0 N–H and O–H groups in total. The molecule has 2 aliphatic heterocycles. The Morgan fingerprint density at radius 3 is 1.97 bits per heavy atom. The lowest BCUT2D eigenvalue weighted by Crippen LogP contribution is -2.35. The van der Waals surface area contributed by atoms with Gasteiger partial charge >= 0.3 is 0 Å². The van der Waals surface area contributed by atoms with Crippen molar-refractivity contribution < 1.29 is 13.2 Å². The predicted octanol–water partition coefficient (Wildman–Crippen LogP) is 4.12. The van der Waals surface area contributed by atoms with Gasteiger partial charge in [0.15, 0.2) is 0 Å². The van der Waals surface area contributed by atoms with E-state index in [4.69, 9.17) is 0 Å². The number of carbonyl (C=O) groups excluding carboxylic acids is 1. The summed E-state index contributed by atoms with van der Waals surface area (Å²) in [6, 6.07) is 14.8. The van der Waals surface area contributed by atoms with Gasteiger partial charge in [-0.25, -0.2) is 8.42 Å². The number of benzene rings is 2. The van der Waals surface area contributed by atoms with Crippen molar-refractivity contribution in [3.05, 3.63) is 59.7 Å². The first kappa shape index (κ1) is 22.8. The molecule has 6 nitrogen and oxygen atoms in total. The largest absolute Gasteiger partial charge is 0.372 e. The van der Waals surface area contributed by atoms with E-state index in [9.17, 15) is 13.2 Å². The van der Waals surface area contributed by atoms with Crippen LogP contribution in [0.2, 0.25) is 0 Å². The highest BCUT2D eigenvalue weighted by Crippen LogP contribution is 2.23. The first-order valence-electron chi connectivity index (χ1n) is 11.6. The molecule has 2 heterocycles. The van der Waals surface area contributed by atoms with E-state index in [0.717, 1.165) is 37.9 Å². The average Bonchev–Trinajstić information content (AvgIpc) is 2.85. The standard InChI is InChI=1S/C25H33N3O3S/c1-26(20-21-8-12-23(13-9-21)27-16-4-2-5-17-27)25(29)22-10-14-24(15-11-22)32(30,31)28-18-6-3-7-19-28/h8-15H,2-7,16-20H2,1H3. The molecule has 0 radical (unpaired) electrons. The maximum Gasteiger partial charge on any atom is 0.253 e. The van der Waals surface area contributed by atoms with Gasteiger partial charge in [0.05, 0.1) is 4.90 Å². The maximum atomic E-state index is 12.9. The minimum Gasteiger partial charge on any atom is -0.372 e. The van der Waals surface area contributed by atoms with Crippen molar-refractivity contribution in [1.29, 1.82) is 0 Å². The van der Waals surface area contributed by atoms with E-state index in [-0.39, 0.29) is 10.8 Å². The molecular weight excluding hydrogens is 422 g/mol. The molecule has 32 heavy (non-hydrogen) atoms. The number of nitrogens with zero attached hydrogens (tertiary/aromatic N) is 3. The third-order valence-corrected chi connectivity index (χ3v) is 8.39. The van der Waals surface area contributed by atoms with Gasteiger partial charge in [0, 0.05) is 51.0 Å². The Hall–Kier alpha value is -2.38. The number of amides is 1. The minimum atomic E-state index is -3.48. The van der Waals surface area contributed by atoms with Crippen LogP contribution in [0.5, 0.6) is 0 Å². The third-order valence-electron chi connectivity index (χ3n) is 6.48. The molecule has 2 saturated heterocycles. The van der Waals surface area contributed by atoms with Crippen LogP contribution in [-0.2, 0) is 16.6 Å². The van der Waals surface area contributed by atoms with Gasteiger partial charge in [0.2, 0.25) is 10.0 Å². The highest BCUT2D eigenvalue weighted by Gasteiger charge is 2.26. The Labute approximate surface area is 191 Å². The Morgan fingerprint density at radius 1 is 0.812 bits per heavy atom. The lowest BCUT2D eigenvalue weighted by atomic mass is 10.1. The Morgan fingerprint density at radius 2 is 1.38 bits per heavy atom. The molecule has 0 aromatic heterocycles. The van der Waals surface area contributed by atoms with Gasteiger partial charge in [-0.1, -0.05) is 18.6 Å². The minimum absolute atomic E-state index is 0.118. The molecule has 2 aromatic rings. The lowest BCUT2D eigenvalue weighted by Gasteiger charge is -2.29. The van der Waals surface area contributed by atoms with Crippen LogP contribution in [0.4, 0.5) is 5.69 Å². The van der Waals surface area contributed by atoms with Gasteiger partial charge in [0.1, 0.15) is 0 Å². The second-order valence-corrected chi connectivity index (χ2v) is 10.8. The van der Waals surface area contributed by atoms with Crippen LogP contribution in [0.3, 0.4) is 0 Å². The van der Waals surface area contributed by atoms with Crippen molar-refractivity contribution in [2.45, 2.75) is 50.0 Å². The summed E-state index contributed by atoms with van der Waals surface area (Å²) in [6.07, 6.45) is 6.69. The summed E-state index contributed by atoms with van der Waals surface area (Å²) in [6.45, 7) is 3.87. The molecule has 0 spiro atoms. The van der Waals surface area contributed by atoms with E-state index in [1.165, 1.54) is 24.9 Å². The SMILES string of the molecule is CN(Cc1ccc(N2CCCCC2)cc1)C(=O)c1ccc(S(=O)(=O)N2CCCCC2)cc1. The molecule has 2 fully saturated rings. The molecule has 0 atom stereocenters. The highest BCUT2D eigenvalue weighted by atomic mass is 32.2. The number of sulfonamides is 1. The zero-order valence-corrected chi connectivity index (χ0v) is 19.7. The van der Waals surface area contributed by atoms with Crippen LogP contribution in [-0.4, -0.2) is 56.8 Å². The molecule has 4 rings (SSSR count). The zero-order valence-electron chi connectivity index (χ0n) is 18.9. The van der Waals surface area contributed by atoms with Crippen LogP contribution in [0.1, 0.15) is 54.4 Å². The number of anilines is 1. The Kier molecular flexibility index (Phi) is 7.16. The van der Waals surface area contributed by atoms with Gasteiger partial charge in [-0.3, -0.25) is 4.79 Å². The van der Waals surface area contributed by atoms with E-state index in [1.54, 1.807) is 40.5 Å². The third kappa shape index (κ3) is 5.15. The van der Waals surface area contributed by atoms with Gasteiger partial charge in [-0.15, -0.1) is 0 Å². The normalized spacial score (nSPS) is 17.8. The molecular formula is C25H33N3O3S. The van der Waals surface area contributed by atoms with Crippen molar-refractivity contribution in [3.63, 3.8) is 0 Å². The molecule has 172 valence electrons. The molecule has 0 bridgehead atoms. The van der Waals surface area contributed by atoms with E-state index in [2.05, 4.69) is 29.2 Å². The van der Waals surface area contributed by atoms with E-state index in [1.807, 2.05) is 0 Å². The maximum absolute atomic E-state index is 12.9. The molecule has 2 aromatic carbocycles. The Bertz CT molecular complexity index is 1010. The lowest BCUT2D eigenvalue weighted by molar-refractivity contribution is 0.0785. The smallest absolute Gasteiger partial charge is 0.253 e. The first-order chi connectivity index (χ1) is 15.4. The number of piperidine rings is 2. The zero-order chi connectivity index (χ0) is 22.6. The fourth-order valence-electron chi connectivity index (χ4n) is 4.55. The summed E-state index contributed by atoms with van der Waals surface area (Å²) in [5, 5.41) is 0. The quantitative estimate of drug-likeness (QED) is 0.657. The fourth-order valence-corrected chi connectivity index (χ4v) is 6.07. The summed E-state index contributed by atoms with van der Waals surface area (Å²) >= 11 is 0. The number of hydrogen-bond acceptors (Lipinski definition) is 4. The summed E-state index contributed by atoms with van der Waals surface area (Å²) in [5.74, 6) is -0.118. The van der Waals surface area contributed by atoms with Crippen molar-refractivity contribution in [3.8, 4) is 0 Å². The van der Waals surface area contributed by atoms with Crippen molar-refractivity contribution in [2.24, 2.45) is 0 Å². The summed E-state index contributed by atoms with van der Waals surface area (Å²) in [4.78, 5) is 17.2. The van der Waals surface area contributed by atoms with Crippen LogP contribution < -0.4 is 4.90 Å². The molecule has 0 saturated carbocycles. The topological polar surface area (TPSA) is 60.9 Å². The first-order valence-corrected chi connectivity index (χ1v) is 13.1. The highest BCUT2D eigenvalue weighted by molar-refractivity contribution is 7.89. The van der Waals surface area contributed by atoms with Crippen molar-refractivity contribution in [1.82, 2.24) is 9.21 Å². The van der Waals surface area contributed by atoms with Gasteiger partial charge in [-0.2, -0.15) is 4.31 Å². The van der Waals surface area contributed by atoms with E-state index >= 15 is 0 Å². The van der Waals surface area contributed by atoms with Crippen LogP contribution >= 0.6 is 0 Å². The fraction of sp³-hybridized carbons (Fsp3) is 0.480. The van der Waals surface area contributed by atoms with Crippen LogP contribution in [0.25, 0.3) is 0 Å². The summed E-state index contributed by atoms with van der Waals surface area (Å²) < 4.78 is 27.2. The summed E-state index contributed by atoms with van der Waals surface area (Å²) in [7, 11) is -1.71. The summed E-state index contributed by atoms with van der Waals surface area (Å²) in [5.41, 5.74) is 2.81. The van der Waals surface area contributed by atoms with Gasteiger partial charge in [-0.05, 0) is 74.1 Å². The molecule has 1 amide bonds. The van der Waals surface area contributed by atoms with E-state index in [0.29, 0.717) is 25.2 Å². The molecule has 0 aliphatic carbocycles. The molecule has 2 aliphatic rings. The number of carbonyl (C=O) groups is 1. The van der Waals surface area contributed by atoms with Crippen LogP contribution in [0.15, 0.2) is 53.4 Å².